The van der Waals surface area contributed by atoms with Crippen molar-refractivity contribution in [3.8, 4) is 0 Å². The number of rotatable bonds is 6. The van der Waals surface area contributed by atoms with E-state index in [1.165, 1.54) is 0 Å². The minimum atomic E-state index is -0.680. The summed E-state index contributed by atoms with van der Waals surface area (Å²) in [6.45, 7) is 2.12. The van der Waals surface area contributed by atoms with Crippen LogP contribution in [-0.2, 0) is 4.79 Å². The number of unbranched alkanes of at least 4 members (excludes halogenated alkanes) is 1. The van der Waals surface area contributed by atoms with Crippen molar-refractivity contribution in [3.63, 3.8) is 0 Å². The van der Waals surface area contributed by atoms with E-state index >= 15 is 0 Å². The number of aliphatic carboxylic acids is 1. The Morgan fingerprint density at radius 1 is 1.64 bits per heavy atom. The number of thioether (sulfide) groups is 1. The summed E-state index contributed by atoms with van der Waals surface area (Å²) in [6, 6.07) is 0. The molecule has 0 aliphatic heterocycles. The number of carboxylic acid groups (broad SMARTS) is 1. The minimum Gasteiger partial charge on any atom is -0.481 e. The van der Waals surface area contributed by atoms with Gasteiger partial charge in [-0.25, -0.2) is 0 Å². The molecule has 0 aliphatic carbocycles. The zero-order valence-electron chi connectivity index (χ0n) is 7.17. The van der Waals surface area contributed by atoms with Gasteiger partial charge in [-0.15, -0.1) is 0 Å². The maximum Gasteiger partial charge on any atom is 0.304 e. The molecular weight excluding hydrogens is 160 g/mol. The third-order valence-corrected chi connectivity index (χ3v) is 2.68. The molecule has 0 aliphatic rings. The molecule has 1 unspecified atom stereocenters. The maximum atomic E-state index is 10.3. The van der Waals surface area contributed by atoms with Gasteiger partial charge in [0.1, 0.15) is 0 Å². The highest BCUT2D eigenvalue weighted by molar-refractivity contribution is 7.99. The Balaban J connectivity index is 3.49. The Kier molecular flexibility index (Phi) is 6.42. The van der Waals surface area contributed by atoms with Crippen molar-refractivity contribution < 1.29 is 9.90 Å². The molecule has 0 bridgehead atoms. The van der Waals surface area contributed by atoms with Crippen LogP contribution in [0.2, 0.25) is 0 Å². The molecule has 0 heterocycles. The normalized spacial score (nSPS) is 12.9. The van der Waals surface area contributed by atoms with Crippen molar-refractivity contribution in [2.45, 2.75) is 37.9 Å². The Bertz CT molecular complexity index is 115. The van der Waals surface area contributed by atoms with E-state index in [1.807, 2.05) is 6.26 Å². The molecule has 0 rings (SSSR count). The third-order valence-electron chi connectivity index (χ3n) is 1.62. The van der Waals surface area contributed by atoms with Crippen LogP contribution in [0, 0.1) is 0 Å². The summed E-state index contributed by atoms with van der Waals surface area (Å²) >= 11 is 1.66. The van der Waals surface area contributed by atoms with Gasteiger partial charge in [-0.1, -0.05) is 19.8 Å². The van der Waals surface area contributed by atoms with E-state index in [2.05, 4.69) is 6.92 Å². The van der Waals surface area contributed by atoms with Gasteiger partial charge >= 0.3 is 5.97 Å². The summed E-state index contributed by atoms with van der Waals surface area (Å²) in [5.41, 5.74) is 0. The Labute approximate surface area is 72.4 Å². The standard InChI is InChI=1S/C8H16O2S/c1-3-4-5-7(11-2)6-8(9)10/h7H,3-6H2,1-2H3,(H,9,10). The molecule has 0 fully saturated rings. The second-order valence-electron chi connectivity index (χ2n) is 2.60. The molecule has 3 heteroatoms. The summed E-state index contributed by atoms with van der Waals surface area (Å²) in [5, 5.41) is 8.81. The number of carboxylic acids is 1. The van der Waals surface area contributed by atoms with Crippen LogP contribution in [0.1, 0.15) is 32.6 Å². The van der Waals surface area contributed by atoms with Crippen LogP contribution in [-0.4, -0.2) is 22.6 Å². The van der Waals surface area contributed by atoms with Gasteiger partial charge in [-0.3, -0.25) is 4.79 Å². The van der Waals surface area contributed by atoms with Gasteiger partial charge in [-0.2, -0.15) is 11.8 Å². The molecule has 0 saturated heterocycles. The molecule has 11 heavy (non-hydrogen) atoms. The van der Waals surface area contributed by atoms with E-state index in [-0.39, 0.29) is 0 Å². The second kappa shape index (κ2) is 6.53. The summed E-state index contributed by atoms with van der Waals surface area (Å²) in [7, 11) is 0. The average molecular weight is 176 g/mol. The van der Waals surface area contributed by atoms with Crippen LogP contribution in [0.3, 0.4) is 0 Å². The smallest absolute Gasteiger partial charge is 0.304 e. The molecular formula is C8H16O2S. The zero-order valence-corrected chi connectivity index (χ0v) is 7.99. The number of hydrogen-bond acceptors (Lipinski definition) is 2. The molecule has 0 spiro atoms. The summed E-state index contributed by atoms with van der Waals surface area (Å²) in [5.74, 6) is -0.680. The van der Waals surface area contributed by atoms with E-state index in [4.69, 9.17) is 5.11 Å². The van der Waals surface area contributed by atoms with E-state index in [0.717, 1.165) is 19.3 Å². The lowest BCUT2D eigenvalue weighted by Gasteiger charge is -2.09. The van der Waals surface area contributed by atoms with Crippen LogP contribution in [0.25, 0.3) is 0 Å². The van der Waals surface area contributed by atoms with Crippen LogP contribution in [0.15, 0.2) is 0 Å². The highest BCUT2D eigenvalue weighted by Crippen LogP contribution is 2.17. The largest absolute Gasteiger partial charge is 0.481 e. The molecule has 1 N–H and O–H groups in total. The minimum absolute atomic E-state index is 0.307. The molecule has 0 aromatic rings. The maximum absolute atomic E-state index is 10.3. The van der Waals surface area contributed by atoms with Gasteiger partial charge in [0.25, 0.3) is 0 Å². The fourth-order valence-electron chi connectivity index (χ4n) is 0.930. The Hall–Kier alpha value is -0.180. The Morgan fingerprint density at radius 2 is 2.27 bits per heavy atom. The third kappa shape index (κ3) is 6.23. The first-order valence-electron chi connectivity index (χ1n) is 3.95. The first-order chi connectivity index (χ1) is 5.20. The topological polar surface area (TPSA) is 37.3 Å². The first kappa shape index (κ1) is 10.8. The molecule has 66 valence electrons. The first-order valence-corrected chi connectivity index (χ1v) is 5.24. The summed E-state index contributed by atoms with van der Waals surface area (Å²) in [6.07, 6.45) is 5.60. The second-order valence-corrected chi connectivity index (χ2v) is 3.74. The van der Waals surface area contributed by atoms with E-state index in [9.17, 15) is 4.79 Å². The highest BCUT2D eigenvalue weighted by Gasteiger charge is 2.10. The summed E-state index contributed by atoms with van der Waals surface area (Å²) < 4.78 is 0. The monoisotopic (exact) mass is 176 g/mol. The van der Waals surface area contributed by atoms with Gasteiger partial charge in [0.2, 0.25) is 0 Å². The van der Waals surface area contributed by atoms with Crippen molar-refractivity contribution in [2.75, 3.05) is 6.26 Å². The lowest BCUT2D eigenvalue weighted by atomic mass is 10.1. The number of carbonyl (C=O) groups is 1. The lowest BCUT2D eigenvalue weighted by molar-refractivity contribution is -0.137. The average Bonchev–Trinajstić information content (AvgIpc) is 1.97. The van der Waals surface area contributed by atoms with Crippen LogP contribution in [0.5, 0.6) is 0 Å². The van der Waals surface area contributed by atoms with Crippen molar-refractivity contribution in [1.82, 2.24) is 0 Å². The van der Waals surface area contributed by atoms with Gasteiger partial charge < -0.3 is 5.11 Å². The van der Waals surface area contributed by atoms with Gasteiger partial charge in [-0.05, 0) is 12.7 Å². The Morgan fingerprint density at radius 3 is 2.64 bits per heavy atom. The van der Waals surface area contributed by atoms with E-state index in [1.54, 1.807) is 11.8 Å². The predicted molar refractivity (Wildman–Crippen MR) is 49.1 cm³/mol. The van der Waals surface area contributed by atoms with Crippen molar-refractivity contribution in [2.24, 2.45) is 0 Å². The molecule has 0 amide bonds. The van der Waals surface area contributed by atoms with Crippen LogP contribution in [0.4, 0.5) is 0 Å². The molecule has 2 nitrogen and oxygen atoms in total. The van der Waals surface area contributed by atoms with Gasteiger partial charge in [0.15, 0.2) is 0 Å². The fourth-order valence-corrected chi connectivity index (χ4v) is 1.64. The number of hydrogen-bond donors (Lipinski definition) is 1. The SMILES string of the molecule is CCCCC(CC(=O)O)SC. The quantitative estimate of drug-likeness (QED) is 0.675. The lowest BCUT2D eigenvalue weighted by Crippen LogP contribution is -2.09. The fraction of sp³-hybridized carbons (Fsp3) is 0.875. The van der Waals surface area contributed by atoms with Crippen molar-refractivity contribution in [3.05, 3.63) is 0 Å². The van der Waals surface area contributed by atoms with E-state index < -0.39 is 5.97 Å². The molecule has 0 aromatic heterocycles. The zero-order chi connectivity index (χ0) is 8.69. The van der Waals surface area contributed by atoms with Crippen molar-refractivity contribution >= 4 is 17.7 Å². The highest BCUT2D eigenvalue weighted by atomic mass is 32.2. The van der Waals surface area contributed by atoms with Crippen LogP contribution >= 0.6 is 11.8 Å². The van der Waals surface area contributed by atoms with Gasteiger partial charge in [0.05, 0.1) is 6.42 Å². The molecule has 1 atom stereocenters. The summed E-state index contributed by atoms with van der Waals surface area (Å²) in [4.78, 5) is 10.3. The van der Waals surface area contributed by atoms with Crippen molar-refractivity contribution in [1.29, 1.82) is 0 Å². The molecule has 0 radical (unpaired) electrons. The predicted octanol–water partition coefficient (Wildman–Crippen LogP) is 2.38. The molecule has 0 saturated carbocycles. The van der Waals surface area contributed by atoms with Gasteiger partial charge in [0, 0.05) is 5.25 Å². The molecule has 0 aromatic carbocycles. The van der Waals surface area contributed by atoms with E-state index in [0.29, 0.717) is 11.7 Å². The van der Waals surface area contributed by atoms with Crippen LogP contribution < -0.4 is 0 Å².